The maximum Gasteiger partial charge on any atom is 0.410 e. The third-order valence-electron chi connectivity index (χ3n) is 4.90. The predicted octanol–water partition coefficient (Wildman–Crippen LogP) is 3.53. The highest BCUT2D eigenvalue weighted by molar-refractivity contribution is 5.69. The van der Waals surface area contributed by atoms with Crippen molar-refractivity contribution in [1.29, 1.82) is 0 Å². The van der Waals surface area contributed by atoms with Crippen LogP contribution in [0.4, 0.5) is 4.79 Å². The molecule has 2 saturated heterocycles. The van der Waals surface area contributed by atoms with Crippen molar-refractivity contribution in [2.24, 2.45) is 0 Å². The summed E-state index contributed by atoms with van der Waals surface area (Å²) in [6, 6.07) is 8.34. The molecule has 0 radical (unpaired) electrons. The molecular weight excluding hydrogens is 318 g/mol. The Morgan fingerprint density at radius 1 is 1.24 bits per heavy atom. The fourth-order valence-electron chi connectivity index (χ4n) is 3.93. The highest BCUT2D eigenvalue weighted by Gasteiger charge is 2.45. The first-order valence-electron chi connectivity index (χ1n) is 9.23. The number of carbonyl (C=O) groups excluding carboxylic acids is 1. The summed E-state index contributed by atoms with van der Waals surface area (Å²) >= 11 is 0. The van der Waals surface area contributed by atoms with Crippen LogP contribution in [0, 0.1) is 0 Å². The van der Waals surface area contributed by atoms with Gasteiger partial charge in [0.15, 0.2) is 0 Å². The zero-order chi connectivity index (χ0) is 18.0. The number of amides is 1. The summed E-state index contributed by atoms with van der Waals surface area (Å²) in [6.45, 7) is 5.86. The standard InChI is InChI=1S/C20H29NO4/c1-20(2,3)25-19(23)21-15-7-8-16(21)13-18(12-15)24-17-6-4-5-14(11-17)9-10-22/h4-6,11,15-16,18,22H,7-10,12-13H2,1-3H3/t15-,16+,18?. The third-order valence-corrected chi connectivity index (χ3v) is 4.90. The lowest BCUT2D eigenvalue weighted by molar-refractivity contribution is -0.00707. The first kappa shape index (κ1) is 18.1. The fourth-order valence-corrected chi connectivity index (χ4v) is 3.93. The fraction of sp³-hybridized carbons (Fsp3) is 0.650. The minimum atomic E-state index is -0.461. The average Bonchev–Trinajstić information content (AvgIpc) is 2.78. The lowest BCUT2D eigenvalue weighted by atomic mass is 10.00. The van der Waals surface area contributed by atoms with Crippen LogP contribution in [0.15, 0.2) is 24.3 Å². The largest absolute Gasteiger partial charge is 0.490 e. The van der Waals surface area contributed by atoms with Crippen LogP contribution in [-0.4, -0.2) is 46.5 Å². The number of carbonyl (C=O) groups is 1. The highest BCUT2D eigenvalue weighted by atomic mass is 16.6. The summed E-state index contributed by atoms with van der Waals surface area (Å²) in [5.74, 6) is 0.848. The van der Waals surface area contributed by atoms with Crippen LogP contribution in [0.25, 0.3) is 0 Å². The van der Waals surface area contributed by atoms with Crippen LogP contribution < -0.4 is 4.74 Å². The Balaban J connectivity index is 1.62. The minimum Gasteiger partial charge on any atom is -0.490 e. The van der Waals surface area contributed by atoms with E-state index >= 15 is 0 Å². The number of benzene rings is 1. The van der Waals surface area contributed by atoms with Gasteiger partial charge < -0.3 is 19.5 Å². The van der Waals surface area contributed by atoms with Gasteiger partial charge in [-0.3, -0.25) is 0 Å². The Hall–Kier alpha value is -1.75. The summed E-state index contributed by atoms with van der Waals surface area (Å²) < 4.78 is 11.8. The molecule has 1 amide bonds. The third kappa shape index (κ3) is 4.46. The second-order valence-corrected chi connectivity index (χ2v) is 8.10. The van der Waals surface area contributed by atoms with Gasteiger partial charge in [0.25, 0.3) is 0 Å². The number of piperidine rings is 1. The number of ether oxygens (including phenoxy) is 2. The van der Waals surface area contributed by atoms with Crippen molar-refractivity contribution >= 4 is 6.09 Å². The molecule has 1 aromatic carbocycles. The molecule has 0 spiro atoms. The van der Waals surface area contributed by atoms with Crippen molar-refractivity contribution in [2.75, 3.05) is 6.61 Å². The monoisotopic (exact) mass is 347 g/mol. The lowest BCUT2D eigenvalue weighted by Crippen LogP contribution is -2.50. The molecule has 2 fully saturated rings. The maximum absolute atomic E-state index is 12.5. The molecule has 5 nitrogen and oxygen atoms in total. The van der Waals surface area contributed by atoms with E-state index in [0.29, 0.717) is 6.42 Å². The molecule has 2 bridgehead atoms. The van der Waals surface area contributed by atoms with Gasteiger partial charge in [-0.05, 0) is 57.7 Å². The van der Waals surface area contributed by atoms with Crippen molar-refractivity contribution in [2.45, 2.75) is 76.7 Å². The van der Waals surface area contributed by atoms with E-state index in [-0.39, 0.29) is 30.9 Å². The summed E-state index contributed by atoms with van der Waals surface area (Å²) in [5, 5.41) is 9.08. The Labute approximate surface area is 149 Å². The van der Waals surface area contributed by atoms with Crippen molar-refractivity contribution < 1.29 is 19.4 Å². The number of rotatable bonds is 4. The molecule has 1 N–H and O–H groups in total. The molecule has 0 aromatic heterocycles. The zero-order valence-corrected chi connectivity index (χ0v) is 15.4. The van der Waals surface area contributed by atoms with Crippen molar-refractivity contribution in [3.8, 4) is 5.75 Å². The van der Waals surface area contributed by atoms with E-state index < -0.39 is 5.60 Å². The smallest absolute Gasteiger partial charge is 0.410 e. The summed E-state index contributed by atoms with van der Waals surface area (Å²) in [7, 11) is 0. The second-order valence-electron chi connectivity index (χ2n) is 8.10. The first-order chi connectivity index (χ1) is 11.9. The van der Waals surface area contributed by atoms with Gasteiger partial charge >= 0.3 is 6.09 Å². The molecule has 25 heavy (non-hydrogen) atoms. The average molecular weight is 347 g/mol. The van der Waals surface area contributed by atoms with Gasteiger partial charge in [-0.2, -0.15) is 0 Å². The van der Waals surface area contributed by atoms with E-state index in [2.05, 4.69) is 0 Å². The van der Waals surface area contributed by atoms with Crippen molar-refractivity contribution in [3.63, 3.8) is 0 Å². The SMILES string of the molecule is CC(C)(C)OC(=O)N1[C@@H]2CC[C@H]1CC(Oc1cccc(CCO)c1)C2. The summed E-state index contributed by atoms with van der Waals surface area (Å²) in [6.07, 6.45) is 4.31. The predicted molar refractivity (Wildman–Crippen MR) is 95.8 cm³/mol. The molecule has 0 aliphatic carbocycles. The molecule has 2 heterocycles. The molecular formula is C20H29NO4. The maximum atomic E-state index is 12.5. The number of hydrogen-bond acceptors (Lipinski definition) is 4. The molecule has 1 aromatic rings. The quantitative estimate of drug-likeness (QED) is 0.905. The molecule has 138 valence electrons. The van der Waals surface area contributed by atoms with Crippen LogP contribution in [0.5, 0.6) is 5.75 Å². The van der Waals surface area contributed by atoms with E-state index in [1.165, 1.54) is 0 Å². The topological polar surface area (TPSA) is 59.0 Å². The van der Waals surface area contributed by atoms with Crippen molar-refractivity contribution in [3.05, 3.63) is 29.8 Å². The number of aliphatic hydroxyl groups is 1. The van der Waals surface area contributed by atoms with Crippen LogP contribution in [-0.2, 0) is 11.2 Å². The van der Waals surface area contributed by atoms with E-state index in [9.17, 15) is 4.79 Å². The summed E-state index contributed by atoms with van der Waals surface area (Å²) in [5.41, 5.74) is 0.617. The number of hydrogen-bond donors (Lipinski definition) is 1. The molecule has 3 atom stereocenters. The van der Waals surface area contributed by atoms with E-state index in [0.717, 1.165) is 37.0 Å². The van der Waals surface area contributed by atoms with Crippen LogP contribution in [0.2, 0.25) is 0 Å². The Bertz CT molecular complexity index is 596. The molecule has 2 aliphatic heterocycles. The van der Waals surface area contributed by atoms with E-state index in [4.69, 9.17) is 14.6 Å². The van der Waals surface area contributed by atoms with E-state index in [1.54, 1.807) is 0 Å². The molecule has 3 rings (SSSR count). The van der Waals surface area contributed by atoms with Gasteiger partial charge in [0.1, 0.15) is 17.5 Å². The van der Waals surface area contributed by atoms with Gasteiger partial charge in [0, 0.05) is 31.5 Å². The van der Waals surface area contributed by atoms with Crippen LogP contribution >= 0.6 is 0 Å². The van der Waals surface area contributed by atoms with Crippen LogP contribution in [0.1, 0.15) is 52.0 Å². The van der Waals surface area contributed by atoms with Gasteiger partial charge in [-0.1, -0.05) is 12.1 Å². The molecule has 0 saturated carbocycles. The van der Waals surface area contributed by atoms with E-state index in [1.807, 2.05) is 49.9 Å². The van der Waals surface area contributed by atoms with Gasteiger partial charge in [-0.25, -0.2) is 4.79 Å². The van der Waals surface area contributed by atoms with Crippen LogP contribution in [0.3, 0.4) is 0 Å². The Morgan fingerprint density at radius 2 is 1.92 bits per heavy atom. The molecule has 1 unspecified atom stereocenters. The van der Waals surface area contributed by atoms with Crippen molar-refractivity contribution in [1.82, 2.24) is 4.90 Å². The zero-order valence-electron chi connectivity index (χ0n) is 15.4. The number of nitrogens with zero attached hydrogens (tertiary/aromatic N) is 1. The lowest BCUT2D eigenvalue weighted by Gasteiger charge is -2.39. The summed E-state index contributed by atoms with van der Waals surface area (Å²) in [4.78, 5) is 14.4. The van der Waals surface area contributed by atoms with Gasteiger partial charge in [0.05, 0.1) is 0 Å². The first-order valence-corrected chi connectivity index (χ1v) is 9.23. The minimum absolute atomic E-state index is 0.126. The van der Waals surface area contributed by atoms with Gasteiger partial charge in [0.2, 0.25) is 0 Å². The Kier molecular flexibility index (Phi) is 5.23. The Morgan fingerprint density at radius 3 is 2.52 bits per heavy atom. The normalized spacial score (nSPS) is 25.8. The number of fused-ring (bicyclic) bond motifs is 2. The second kappa shape index (κ2) is 7.24. The van der Waals surface area contributed by atoms with Gasteiger partial charge in [-0.15, -0.1) is 0 Å². The molecule has 2 aliphatic rings. The highest BCUT2D eigenvalue weighted by Crippen LogP contribution is 2.38. The molecule has 5 heteroatoms. The number of aliphatic hydroxyl groups excluding tert-OH is 1.